The molecule has 1 unspecified atom stereocenters. The Labute approximate surface area is 444 Å². The molecule has 0 saturated heterocycles. The molecule has 0 fully saturated rings. The maximum absolute atomic E-state index is 12.8. The number of esters is 1. The Hall–Kier alpha value is -0.500. The fourth-order valence-electron chi connectivity index (χ4n) is 9.80. The Balaban J connectivity index is 3.85. The fourth-order valence-corrected chi connectivity index (χ4v) is 10.5. The lowest BCUT2D eigenvalue weighted by Crippen LogP contribution is -2.37. The molecule has 1 N–H and O–H groups in total. The van der Waals surface area contributed by atoms with Crippen molar-refractivity contribution in [1.29, 1.82) is 0 Å². The predicted molar refractivity (Wildman–Crippen MR) is 308 cm³/mol. The number of hydrogen-bond acceptors (Lipinski definition) is 6. The van der Waals surface area contributed by atoms with Gasteiger partial charge in [-0.2, -0.15) is 0 Å². The van der Waals surface area contributed by atoms with E-state index in [0.717, 1.165) is 32.1 Å². The number of phosphoric ester groups is 1. The molecule has 71 heavy (non-hydrogen) atoms. The van der Waals surface area contributed by atoms with Gasteiger partial charge in [0.05, 0.1) is 34.4 Å². The number of nitrogens with zero attached hydrogens (tertiary/aromatic N) is 1. The Bertz CT molecular complexity index is 1100. The zero-order valence-electron chi connectivity index (χ0n) is 48.8. The lowest BCUT2D eigenvalue weighted by atomic mass is 10.0. The first-order valence-electron chi connectivity index (χ1n) is 31.8. The molecule has 0 aliphatic rings. The molecule has 0 rings (SSSR count). The van der Waals surface area contributed by atoms with Crippen LogP contribution in [0.5, 0.6) is 0 Å². The fraction of sp³-hybridized carbons (Fsp3) is 0.984. The van der Waals surface area contributed by atoms with Gasteiger partial charge in [0.15, 0.2) is 0 Å². The third kappa shape index (κ3) is 60.2. The van der Waals surface area contributed by atoms with Crippen molar-refractivity contribution in [3.8, 4) is 0 Å². The molecular weight excluding hydrogens is 902 g/mol. The van der Waals surface area contributed by atoms with E-state index >= 15 is 0 Å². The van der Waals surface area contributed by atoms with Gasteiger partial charge in [0, 0.05) is 13.0 Å². The van der Waals surface area contributed by atoms with Crippen molar-refractivity contribution in [2.45, 2.75) is 341 Å². The van der Waals surface area contributed by atoms with Gasteiger partial charge < -0.3 is 18.9 Å². The van der Waals surface area contributed by atoms with Crippen molar-refractivity contribution >= 4 is 13.8 Å². The first-order chi connectivity index (χ1) is 34.6. The van der Waals surface area contributed by atoms with Crippen molar-refractivity contribution in [3.05, 3.63) is 0 Å². The highest BCUT2D eigenvalue weighted by Crippen LogP contribution is 2.43. The van der Waals surface area contributed by atoms with Crippen LogP contribution in [0.4, 0.5) is 0 Å². The van der Waals surface area contributed by atoms with Crippen LogP contribution in [0.15, 0.2) is 0 Å². The summed E-state index contributed by atoms with van der Waals surface area (Å²) >= 11 is 0. The normalized spacial score (nSPS) is 13.3. The van der Waals surface area contributed by atoms with E-state index in [2.05, 4.69) is 13.8 Å². The summed E-state index contributed by atoms with van der Waals surface area (Å²) in [6, 6.07) is 0. The molecule has 0 amide bonds. The Morgan fingerprint density at radius 1 is 0.380 bits per heavy atom. The van der Waals surface area contributed by atoms with E-state index in [4.69, 9.17) is 18.5 Å². The zero-order chi connectivity index (χ0) is 51.9. The molecule has 2 atom stereocenters. The van der Waals surface area contributed by atoms with E-state index in [1.54, 1.807) is 0 Å². The largest absolute Gasteiger partial charge is 0.472 e. The molecule has 8 nitrogen and oxygen atoms in total. The zero-order valence-corrected chi connectivity index (χ0v) is 49.7. The Morgan fingerprint density at radius 2 is 0.648 bits per heavy atom. The van der Waals surface area contributed by atoms with Gasteiger partial charge in [-0.25, -0.2) is 4.57 Å². The highest BCUT2D eigenvalue weighted by Gasteiger charge is 2.26. The quantitative estimate of drug-likeness (QED) is 0.0281. The van der Waals surface area contributed by atoms with Crippen LogP contribution < -0.4 is 0 Å². The molecule has 0 aromatic carbocycles. The van der Waals surface area contributed by atoms with Crippen LogP contribution in [-0.2, 0) is 27.9 Å². The molecule has 0 aromatic heterocycles. The molecule has 0 heterocycles. The van der Waals surface area contributed by atoms with Crippen LogP contribution in [0.1, 0.15) is 335 Å². The van der Waals surface area contributed by atoms with E-state index in [1.807, 2.05) is 21.1 Å². The highest BCUT2D eigenvalue weighted by atomic mass is 31.2. The SMILES string of the molecule is CCCCCCCCCCCCCCCCCCCCCCCCCCCCCCCCCCCC(=O)O[C@H](COCCCCCCCCCCCCCCCCCC)COP(=O)(O)OCC[N+](C)(C)C. The van der Waals surface area contributed by atoms with Gasteiger partial charge in [0.2, 0.25) is 0 Å². The minimum Gasteiger partial charge on any atom is -0.457 e. The number of unbranched alkanes of at least 4 members (excludes halogenated alkanes) is 47. The number of likely N-dealkylation sites (N-methyl/N-ethyl adjacent to an activating group) is 1. The second kappa shape index (κ2) is 55.7. The molecular formula is C62H127NO7P+. The molecule has 9 heteroatoms. The molecule has 0 saturated carbocycles. The summed E-state index contributed by atoms with van der Waals surface area (Å²) in [6.07, 6.45) is 66.3. The maximum atomic E-state index is 12.8. The second-order valence-electron chi connectivity index (χ2n) is 23.2. The number of carbonyl (C=O) groups is 1. The topological polar surface area (TPSA) is 91.3 Å². The van der Waals surface area contributed by atoms with Crippen LogP contribution >= 0.6 is 7.82 Å². The predicted octanol–water partition coefficient (Wildman–Crippen LogP) is 20.3. The summed E-state index contributed by atoms with van der Waals surface area (Å²) in [6.45, 7) is 5.72. The summed E-state index contributed by atoms with van der Waals surface area (Å²) in [5.41, 5.74) is 0. The number of hydrogen-bond donors (Lipinski definition) is 1. The van der Waals surface area contributed by atoms with Crippen molar-refractivity contribution in [1.82, 2.24) is 0 Å². The molecule has 0 aromatic rings. The highest BCUT2D eigenvalue weighted by molar-refractivity contribution is 7.47. The summed E-state index contributed by atoms with van der Waals surface area (Å²) in [5.74, 6) is -0.302. The molecule has 0 aliphatic heterocycles. The van der Waals surface area contributed by atoms with Gasteiger partial charge in [-0.05, 0) is 12.8 Å². The van der Waals surface area contributed by atoms with Crippen LogP contribution in [-0.4, -0.2) is 75.6 Å². The molecule has 0 spiro atoms. The van der Waals surface area contributed by atoms with Crippen molar-refractivity contribution < 1.29 is 37.3 Å². The lowest BCUT2D eigenvalue weighted by molar-refractivity contribution is -0.870. The minimum atomic E-state index is -4.28. The van der Waals surface area contributed by atoms with Gasteiger partial charge in [0.1, 0.15) is 19.3 Å². The molecule has 0 radical (unpaired) electrons. The Kier molecular flexibility index (Phi) is 55.3. The second-order valence-corrected chi connectivity index (χ2v) is 24.6. The van der Waals surface area contributed by atoms with E-state index in [-0.39, 0.29) is 25.8 Å². The number of rotatable bonds is 61. The van der Waals surface area contributed by atoms with E-state index in [0.29, 0.717) is 24.1 Å². The first-order valence-corrected chi connectivity index (χ1v) is 33.3. The average molecular weight is 1030 g/mol. The molecule has 426 valence electrons. The monoisotopic (exact) mass is 1030 g/mol. The lowest BCUT2D eigenvalue weighted by Gasteiger charge is -2.24. The Morgan fingerprint density at radius 3 is 0.930 bits per heavy atom. The standard InChI is InChI=1S/C62H126NO7P/c1-6-8-10-12-14-16-18-20-22-24-25-26-27-28-29-30-31-32-33-34-35-36-37-38-39-40-41-43-45-47-49-51-53-55-62(64)70-61(60-69-71(65,66)68-58-56-63(3,4)5)59-67-57-54-52-50-48-46-44-42-23-21-19-17-15-13-11-9-7-2/h61H,6-60H2,1-5H3/p+1/t61-/m1/s1. The maximum Gasteiger partial charge on any atom is 0.472 e. The summed E-state index contributed by atoms with van der Waals surface area (Å²) < 4.78 is 35.3. The summed E-state index contributed by atoms with van der Waals surface area (Å²) in [4.78, 5) is 23.1. The van der Waals surface area contributed by atoms with Gasteiger partial charge in [-0.15, -0.1) is 0 Å². The van der Waals surface area contributed by atoms with Gasteiger partial charge in [-0.3, -0.25) is 13.8 Å². The number of carbonyl (C=O) groups excluding carboxylic acids is 1. The molecule has 0 bridgehead atoms. The minimum absolute atomic E-state index is 0.0945. The van der Waals surface area contributed by atoms with Gasteiger partial charge >= 0.3 is 13.8 Å². The van der Waals surface area contributed by atoms with Crippen LogP contribution in [0.2, 0.25) is 0 Å². The van der Waals surface area contributed by atoms with E-state index in [1.165, 1.54) is 283 Å². The number of ether oxygens (including phenoxy) is 2. The van der Waals surface area contributed by atoms with Crippen molar-refractivity contribution in [2.75, 3.05) is 54.1 Å². The smallest absolute Gasteiger partial charge is 0.457 e. The van der Waals surface area contributed by atoms with Crippen molar-refractivity contribution in [2.24, 2.45) is 0 Å². The number of quaternary nitrogens is 1. The van der Waals surface area contributed by atoms with E-state index in [9.17, 15) is 14.3 Å². The van der Waals surface area contributed by atoms with Gasteiger partial charge in [-0.1, -0.05) is 316 Å². The average Bonchev–Trinajstić information content (AvgIpc) is 3.33. The van der Waals surface area contributed by atoms with Crippen LogP contribution in [0.3, 0.4) is 0 Å². The van der Waals surface area contributed by atoms with Gasteiger partial charge in [0.25, 0.3) is 0 Å². The van der Waals surface area contributed by atoms with Crippen LogP contribution in [0.25, 0.3) is 0 Å². The third-order valence-electron chi connectivity index (χ3n) is 14.7. The van der Waals surface area contributed by atoms with Crippen molar-refractivity contribution in [3.63, 3.8) is 0 Å². The van der Waals surface area contributed by atoms with E-state index < -0.39 is 13.9 Å². The summed E-state index contributed by atoms with van der Waals surface area (Å²) in [7, 11) is 1.70. The third-order valence-corrected chi connectivity index (χ3v) is 15.7. The first kappa shape index (κ1) is 70.5. The van der Waals surface area contributed by atoms with Crippen LogP contribution in [0, 0.1) is 0 Å². The molecule has 0 aliphatic carbocycles. The number of phosphoric acid groups is 1. The summed E-state index contributed by atoms with van der Waals surface area (Å²) in [5, 5.41) is 0.